The smallest absolute Gasteiger partial charge is 0.269 e. The van der Waals surface area contributed by atoms with Crippen LogP contribution in [0.2, 0.25) is 0 Å². The molecule has 0 aliphatic heterocycles. The Bertz CT molecular complexity index is 775. The maximum Gasteiger partial charge on any atom is 0.269 e. The minimum atomic E-state index is -0.588. The van der Waals surface area contributed by atoms with Gasteiger partial charge in [-0.15, -0.1) is 0 Å². The lowest BCUT2D eigenvalue weighted by atomic mass is 10.2. The van der Waals surface area contributed by atoms with Gasteiger partial charge in [-0.1, -0.05) is 0 Å². The van der Waals surface area contributed by atoms with E-state index in [1.807, 2.05) is 0 Å². The van der Waals surface area contributed by atoms with E-state index >= 15 is 0 Å². The van der Waals surface area contributed by atoms with Crippen LogP contribution < -0.4 is 5.56 Å². The fourth-order valence-corrected chi connectivity index (χ4v) is 2.46. The van der Waals surface area contributed by atoms with Gasteiger partial charge < -0.3 is 5.11 Å². The Kier molecular flexibility index (Phi) is 4.32. The summed E-state index contributed by atoms with van der Waals surface area (Å²) in [5.74, 6) is -0.940. The SMILES string of the molecule is CCn1c(O)c(C(=O)Cn2cncn2)c(=O)n(CC)c1=S. The van der Waals surface area contributed by atoms with Crippen molar-refractivity contribution in [1.82, 2.24) is 23.9 Å². The Hall–Kier alpha value is -2.29. The highest BCUT2D eigenvalue weighted by Gasteiger charge is 2.22. The molecular weight excluding hydrogens is 294 g/mol. The number of carbonyl (C=O) groups is 1. The molecular formula is C12H15N5O3S. The van der Waals surface area contributed by atoms with E-state index in [1.54, 1.807) is 13.8 Å². The molecule has 2 aromatic rings. The van der Waals surface area contributed by atoms with E-state index in [1.165, 1.54) is 26.5 Å². The van der Waals surface area contributed by atoms with Crippen LogP contribution in [0.4, 0.5) is 0 Å². The average molecular weight is 309 g/mol. The second-order valence-corrected chi connectivity index (χ2v) is 4.66. The molecule has 2 rings (SSSR count). The molecule has 0 aromatic carbocycles. The lowest BCUT2D eigenvalue weighted by molar-refractivity contribution is 0.0960. The monoisotopic (exact) mass is 309 g/mol. The molecule has 21 heavy (non-hydrogen) atoms. The van der Waals surface area contributed by atoms with Crippen molar-refractivity contribution in [2.24, 2.45) is 0 Å². The normalized spacial score (nSPS) is 10.8. The number of hydrogen-bond donors (Lipinski definition) is 1. The topological polar surface area (TPSA) is 94.9 Å². The molecule has 0 spiro atoms. The molecule has 0 amide bonds. The minimum absolute atomic E-state index is 0.174. The first-order valence-corrected chi connectivity index (χ1v) is 6.84. The van der Waals surface area contributed by atoms with Crippen molar-refractivity contribution in [3.05, 3.63) is 33.3 Å². The van der Waals surface area contributed by atoms with Crippen LogP contribution in [0.5, 0.6) is 5.88 Å². The number of rotatable bonds is 5. The molecule has 0 aliphatic rings. The predicted molar refractivity (Wildman–Crippen MR) is 76.9 cm³/mol. The molecule has 2 heterocycles. The number of carbonyl (C=O) groups excluding carboxylic acids is 1. The van der Waals surface area contributed by atoms with Gasteiger partial charge in [0.1, 0.15) is 24.8 Å². The van der Waals surface area contributed by atoms with Crippen molar-refractivity contribution in [3.8, 4) is 5.88 Å². The van der Waals surface area contributed by atoms with Gasteiger partial charge in [-0.2, -0.15) is 5.10 Å². The van der Waals surface area contributed by atoms with Crippen molar-refractivity contribution in [3.63, 3.8) is 0 Å². The maximum absolute atomic E-state index is 12.3. The summed E-state index contributed by atoms with van der Waals surface area (Å²) >= 11 is 5.15. The van der Waals surface area contributed by atoms with Crippen molar-refractivity contribution >= 4 is 18.0 Å². The molecule has 8 nitrogen and oxygen atoms in total. The van der Waals surface area contributed by atoms with Gasteiger partial charge in [-0.25, -0.2) is 9.67 Å². The summed E-state index contributed by atoms with van der Waals surface area (Å²) in [6.07, 6.45) is 2.65. The van der Waals surface area contributed by atoms with Gasteiger partial charge in [-0.05, 0) is 26.1 Å². The predicted octanol–water partition coefficient (Wildman–Crippen LogP) is 0.599. The zero-order valence-corrected chi connectivity index (χ0v) is 12.5. The van der Waals surface area contributed by atoms with Gasteiger partial charge in [0.2, 0.25) is 5.88 Å². The summed E-state index contributed by atoms with van der Waals surface area (Å²) in [6, 6.07) is 0. The summed E-state index contributed by atoms with van der Waals surface area (Å²) < 4.78 is 4.12. The Morgan fingerprint density at radius 2 is 2.00 bits per heavy atom. The summed E-state index contributed by atoms with van der Waals surface area (Å²) in [6.45, 7) is 4.02. The first-order chi connectivity index (χ1) is 10.0. The molecule has 0 bridgehead atoms. The van der Waals surface area contributed by atoms with Gasteiger partial charge in [-0.3, -0.25) is 18.7 Å². The molecule has 0 aliphatic carbocycles. The molecule has 9 heteroatoms. The maximum atomic E-state index is 12.3. The molecule has 2 aromatic heterocycles. The Labute approximate surface area is 125 Å². The molecule has 0 unspecified atom stereocenters. The van der Waals surface area contributed by atoms with Crippen LogP contribution in [-0.2, 0) is 19.6 Å². The summed E-state index contributed by atoms with van der Waals surface area (Å²) in [5, 5.41) is 14.0. The Morgan fingerprint density at radius 3 is 2.52 bits per heavy atom. The van der Waals surface area contributed by atoms with E-state index in [0.29, 0.717) is 13.1 Å². The van der Waals surface area contributed by atoms with Crippen LogP contribution in [0.25, 0.3) is 0 Å². The average Bonchev–Trinajstić information content (AvgIpc) is 2.92. The minimum Gasteiger partial charge on any atom is -0.494 e. The largest absolute Gasteiger partial charge is 0.494 e. The zero-order valence-electron chi connectivity index (χ0n) is 11.7. The summed E-state index contributed by atoms with van der Waals surface area (Å²) in [4.78, 5) is 28.4. The number of hydrogen-bond acceptors (Lipinski definition) is 6. The third-order valence-corrected chi connectivity index (χ3v) is 3.52. The van der Waals surface area contributed by atoms with Gasteiger partial charge in [0.05, 0.1) is 0 Å². The van der Waals surface area contributed by atoms with E-state index in [-0.39, 0.29) is 16.9 Å². The fourth-order valence-electron chi connectivity index (χ4n) is 2.04. The highest BCUT2D eigenvalue weighted by Crippen LogP contribution is 2.15. The number of Topliss-reactive ketones (excluding diaryl/α,β-unsaturated/α-hetero) is 1. The molecule has 1 N–H and O–H groups in total. The standard InChI is InChI=1S/C12H15N5O3S/c1-3-16-10(19)9(11(20)17(4-2)12(16)21)8(18)5-15-7-13-6-14-15/h6-7,19H,3-5H2,1-2H3. The van der Waals surface area contributed by atoms with E-state index in [4.69, 9.17) is 12.2 Å². The number of ketones is 1. The molecule has 0 saturated heterocycles. The lowest BCUT2D eigenvalue weighted by Gasteiger charge is -2.14. The Balaban J connectivity index is 2.60. The van der Waals surface area contributed by atoms with E-state index in [2.05, 4.69) is 10.1 Å². The lowest BCUT2D eigenvalue weighted by Crippen LogP contribution is -2.31. The zero-order chi connectivity index (χ0) is 15.6. The van der Waals surface area contributed by atoms with Gasteiger partial charge in [0, 0.05) is 13.1 Å². The van der Waals surface area contributed by atoms with Gasteiger partial charge in [0.15, 0.2) is 10.6 Å². The van der Waals surface area contributed by atoms with E-state index < -0.39 is 17.2 Å². The third-order valence-electron chi connectivity index (χ3n) is 3.08. The molecule has 0 fully saturated rings. The quantitative estimate of drug-likeness (QED) is 0.642. The molecule has 0 saturated carbocycles. The first kappa shape index (κ1) is 15.1. The number of aromatic hydroxyl groups is 1. The third kappa shape index (κ3) is 2.64. The molecule has 112 valence electrons. The highest BCUT2D eigenvalue weighted by atomic mass is 32.1. The number of aromatic nitrogens is 5. The van der Waals surface area contributed by atoms with Gasteiger partial charge >= 0.3 is 0 Å². The second kappa shape index (κ2) is 6.00. The van der Waals surface area contributed by atoms with Crippen LogP contribution in [0.3, 0.4) is 0 Å². The summed E-state index contributed by atoms with van der Waals surface area (Å²) in [5.41, 5.74) is -0.863. The molecule has 0 atom stereocenters. The Morgan fingerprint density at radius 1 is 1.33 bits per heavy atom. The molecule has 0 radical (unpaired) electrons. The number of nitrogens with zero attached hydrogens (tertiary/aromatic N) is 5. The first-order valence-electron chi connectivity index (χ1n) is 6.43. The van der Waals surface area contributed by atoms with Crippen LogP contribution in [0.1, 0.15) is 24.2 Å². The summed E-state index contributed by atoms with van der Waals surface area (Å²) in [7, 11) is 0. The highest BCUT2D eigenvalue weighted by molar-refractivity contribution is 7.71. The van der Waals surface area contributed by atoms with Crippen molar-refractivity contribution in [2.75, 3.05) is 0 Å². The van der Waals surface area contributed by atoms with Crippen LogP contribution >= 0.6 is 12.2 Å². The second-order valence-electron chi connectivity index (χ2n) is 4.29. The van der Waals surface area contributed by atoms with Crippen molar-refractivity contribution in [1.29, 1.82) is 0 Å². The van der Waals surface area contributed by atoms with Gasteiger partial charge in [0.25, 0.3) is 5.56 Å². The fraction of sp³-hybridized carbons (Fsp3) is 0.417. The van der Waals surface area contributed by atoms with Crippen molar-refractivity contribution < 1.29 is 9.90 Å². The van der Waals surface area contributed by atoms with Crippen LogP contribution in [-0.4, -0.2) is 34.8 Å². The van der Waals surface area contributed by atoms with E-state index in [0.717, 1.165) is 0 Å². The van der Waals surface area contributed by atoms with Crippen LogP contribution in [0, 0.1) is 4.77 Å². The van der Waals surface area contributed by atoms with E-state index in [9.17, 15) is 14.7 Å². The van der Waals surface area contributed by atoms with Crippen LogP contribution in [0.15, 0.2) is 17.4 Å². The van der Waals surface area contributed by atoms with Crippen molar-refractivity contribution in [2.45, 2.75) is 33.5 Å².